The zero-order chi connectivity index (χ0) is 14.0. The van der Waals surface area contributed by atoms with Crippen molar-refractivity contribution in [3.63, 3.8) is 0 Å². The molecule has 4 heteroatoms. The molecule has 2 unspecified atom stereocenters. The maximum Gasteiger partial charge on any atom is 0.253 e. The Bertz CT molecular complexity index is 452. The Morgan fingerprint density at radius 1 is 1.37 bits per heavy atom. The third kappa shape index (κ3) is 3.26. The molecule has 1 amide bonds. The molecule has 0 aliphatic heterocycles. The van der Waals surface area contributed by atoms with Gasteiger partial charge < -0.3 is 15.1 Å². The molecule has 4 nitrogen and oxygen atoms in total. The molecule has 2 N–H and O–H groups in total. The number of carbonyl (C=O) groups is 1. The maximum atomic E-state index is 12.3. The second kappa shape index (κ2) is 5.61. The van der Waals surface area contributed by atoms with E-state index in [1.807, 2.05) is 6.92 Å². The van der Waals surface area contributed by atoms with Gasteiger partial charge in [0.05, 0.1) is 6.10 Å². The van der Waals surface area contributed by atoms with Crippen LogP contribution >= 0.6 is 0 Å². The molecule has 0 aromatic heterocycles. The van der Waals surface area contributed by atoms with Gasteiger partial charge in [0.1, 0.15) is 5.75 Å². The van der Waals surface area contributed by atoms with Crippen LogP contribution in [0.25, 0.3) is 0 Å². The van der Waals surface area contributed by atoms with Crippen molar-refractivity contribution in [2.75, 3.05) is 13.6 Å². The quantitative estimate of drug-likeness (QED) is 0.876. The van der Waals surface area contributed by atoms with Gasteiger partial charge in [-0.2, -0.15) is 0 Å². The molecule has 1 aliphatic rings. The zero-order valence-corrected chi connectivity index (χ0v) is 11.5. The molecule has 1 aliphatic carbocycles. The summed E-state index contributed by atoms with van der Waals surface area (Å²) in [6.45, 7) is 2.41. The number of aryl methyl sites for hydroxylation is 1. The van der Waals surface area contributed by atoms with Gasteiger partial charge in [-0.1, -0.05) is 6.42 Å². The van der Waals surface area contributed by atoms with Crippen molar-refractivity contribution < 1.29 is 15.0 Å². The van der Waals surface area contributed by atoms with E-state index in [1.54, 1.807) is 24.1 Å². The second-order valence-corrected chi connectivity index (χ2v) is 5.50. The molecule has 1 saturated carbocycles. The number of aliphatic hydroxyl groups is 1. The third-order valence-corrected chi connectivity index (χ3v) is 3.78. The highest BCUT2D eigenvalue weighted by molar-refractivity contribution is 5.94. The minimum absolute atomic E-state index is 0.109. The fraction of sp³-hybridized carbons (Fsp3) is 0.533. The van der Waals surface area contributed by atoms with E-state index in [9.17, 15) is 15.0 Å². The number of benzene rings is 1. The van der Waals surface area contributed by atoms with Gasteiger partial charge >= 0.3 is 0 Å². The van der Waals surface area contributed by atoms with Crippen molar-refractivity contribution in [1.82, 2.24) is 4.90 Å². The number of phenols is 1. The fourth-order valence-electron chi connectivity index (χ4n) is 2.77. The van der Waals surface area contributed by atoms with E-state index < -0.39 is 0 Å². The van der Waals surface area contributed by atoms with Gasteiger partial charge in [0.2, 0.25) is 0 Å². The van der Waals surface area contributed by atoms with Gasteiger partial charge in [-0.3, -0.25) is 4.79 Å². The van der Waals surface area contributed by atoms with Crippen molar-refractivity contribution >= 4 is 5.91 Å². The van der Waals surface area contributed by atoms with Gasteiger partial charge in [-0.25, -0.2) is 0 Å². The predicted molar refractivity (Wildman–Crippen MR) is 73.2 cm³/mol. The average molecular weight is 263 g/mol. The van der Waals surface area contributed by atoms with E-state index in [4.69, 9.17) is 0 Å². The minimum atomic E-state index is -0.291. The summed E-state index contributed by atoms with van der Waals surface area (Å²) in [4.78, 5) is 13.9. The lowest BCUT2D eigenvalue weighted by molar-refractivity contribution is 0.0693. The first kappa shape index (κ1) is 13.9. The molecule has 1 aromatic carbocycles. The highest BCUT2D eigenvalue weighted by atomic mass is 16.3. The number of amides is 1. The van der Waals surface area contributed by atoms with Gasteiger partial charge in [0, 0.05) is 25.1 Å². The van der Waals surface area contributed by atoms with Crippen LogP contribution < -0.4 is 0 Å². The first-order valence-corrected chi connectivity index (χ1v) is 6.71. The molecule has 0 bridgehead atoms. The Labute approximate surface area is 113 Å². The second-order valence-electron chi connectivity index (χ2n) is 5.50. The van der Waals surface area contributed by atoms with Gasteiger partial charge in [-0.15, -0.1) is 0 Å². The number of aliphatic hydroxyl groups excluding tert-OH is 1. The van der Waals surface area contributed by atoms with E-state index in [2.05, 4.69) is 0 Å². The lowest BCUT2D eigenvalue weighted by Gasteiger charge is -2.23. The van der Waals surface area contributed by atoms with Crippen molar-refractivity contribution in [2.45, 2.75) is 32.3 Å². The van der Waals surface area contributed by atoms with Crippen molar-refractivity contribution in [1.29, 1.82) is 0 Å². The number of nitrogens with zero attached hydrogens (tertiary/aromatic N) is 1. The fourth-order valence-corrected chi connectivity index (χ4v) is 2.77. The molecule has 2 rings (SSSR count). The topological polar surface area (TPSA) is 60.8 Å². The number of hydrogen-bond acceptors (Lipinski definition) is 3. The Hall–Kier alpha value is -1.55. The normalized spacial score (nSPS) is 22.5. The summed E-state index contributed by atoms with van der Waals surface area (Å²) < 4.78 is 0. The first-order chi connectivity index (χ1) is 8.97. The summed E-state index contributed by atoms with van der Waals surface area (Å²) in [6.07, 6.45) is 2.54. The van der Waals surface area contributed by atoms with Crippen LogP contribution in [0.4, 0.5) is 0 Å². The molecule has 0 heterocycles. The smallest absolute Gasteiger partial charge is 0.253 e. The Morgan fingerprint density at radius 2 is 2.11 bits per heavy atom. The number of carbonyl (C=O) groups excluding carboxylic acids is 1. The Kier molecular flexibility index (Phi) is 4.10. The van der Waals surface area contributed by atoms with E-state index in [-0.39, 0.29) is 23.7 Å². The van der Waals surface area contributed by atoms with Crippen LogP contribution in [0.3, 0.4) is 0 Å². The van der Waals surface area contributed by atoms with Gasteiger partial charge in [-0.05, 0) is 43.5 Å². The van der Waals surface area contributed by atoms with E-state index in [1.165, 1.54) is 6.07 Å². The van der Waals surface area contributed by atoms with E-state index in [0.717, 1.165) is 24.8 Å². The molecular weight excluding hydrogens is 242 g/mol. The Morgan fingerprint density at radius 3 is 2.68 bits per heavy atom. The number of aromatic hydroxyl groups is 1. The molecule has 0 saturated heterocycles. The number of phenolic OH excluding ortho intramolecular Hbond substituents is 1. The van der Waals surface area contributed by atoms with Crippen LogP contribution in [0.15, 0.2) is 18.2 Å². The van der Waals surface area contributed by atoms with Crippen LogP contribution in [0.5, 0.6) is 5.75 Å². The summed E-state index contributed by atoms with van der Waals surface area (Å²) in [6, 6.07) is 4.87. The van der Waals surface area contributed by atoms with Crippen molar-refractivity contribution in [2.24, 2.45) is 5.92 Å². The zero-order valence-electron chi connectivity index (χ0n) is 11.5. The molecule has 104 valence electrons. The van der Waals surface area contributed by atoms with Crippen LogP contribution in [-0.2, 0) is 0 Å². The summed E-state index contributed by atoms with van der Waals surface area (Å²) in [5, 5.41) is 19.3. The first-order valence-electron chi connectivity index (χ1n) is 6.71. The summed E-state index contributed by atoms with van der Waals surface area (Å²) >= 11 is 0. The predicted octanol–water partition coefficient (Wildman–Crippen LogP) is 1.93. The molecule has 0 radical (unpaired) electrons. The summed E-state index contributed by atoms with van der Waals surface area (Å²) in [5.41, 5.74) is 1.35. The summed E-state index contributed by atoms with van der Waals surface area (Å²) in [5.74, 6) is 0.170. The lowest BCUT2D eigenvalue weighted by atomic mass is 10.0. The number of hydrogen-bond donors (Lipinski definition) is 2. The molecule has 0 spiro atoms. The SMILES string of the molecule is Cc1cc(O)cc(C(=O)N(C)CC2CCCC2O)c1. The minimum Gasteiger partial charge on any atom is -0.508 e. The third-order valence-electron chi connectivity index (χ3n) is 3.78. The van der Waals surface area contributed by atoms with Crippen LogP contribution in [0.1, 0.15) is 35.2 Å². The van der Waals surface area contributed by atoms with Crippen LogP contribution in [0, 0.1) is 12.8 Å². The lowest BCUT2D eigenvalue weighted by Crippen LogP contribution is -2.34. The van der Waals surface area contributed by atoms with Crippen LogP contribution in [-0.4, -0.2) is 40.7 Å². The highest BCUT2D eigenvalue weighted by Gasteiger charge is 2.27. The van der Waals surface area contributed by atoms with E-state index in [0.29, 0.717) is 12.1 Å². The molecule has 1 fully saturated rings. The van der Waals surface area contributed by atoms with Gasteiger partial charge in [0.25, 0.3) is 5.91 Å². The number of rotatable bonds is 3. The van der Waals surface area contributed by atoms with Gasteiger partial charge in [0.15, 0.2) is 0 Å². The molecular formula is C15H21NO3. The van der Waals surface area contributed by atoms with Crippen molar-refractivity contribution in [3.05, 3.63) is 29.3 Å². The van der Waals surface area contributed by atoms with Crippen molar-refractivity contribution in [3.8, 4) is 5.75 Å². The monoisotopic (exact) mass is 263 g/mol. The molecule has 1 aromatic rings. The Balaban J connectivity index is 2.06. The largest absolute Gasteiger partial charge is 0.508 e. The summed E-state index contributed by atoms with van der Waals surface area (Å²) in [7, 11) is 1.74. The van der Waals surface area contributed by atoms with E-state index >= 15 is 0 Å². The molecule has 2 atom stereocenters. The van der Waals surface area contributed by atoms with Crippen LogP contribution in [0.2, 0.25) is 0 Å². The molecule has 19 heavy (non-hydrogen) atoms. The average Bonchev–Trinajstić information content (AvgIpc) is 2.72. The maximum absolute atomic E-state index is 12.3. The highest BCUT2D eigenvalue weighted by Crippen LogP contribution is 2.26. The standard InChI is InChI=1S/C15H21NO3/c1-10-6-12(8-13(17)7-10)15(19)16(2)9-11-4-3-5-14(11)18/h6-8,11,14,17-18H,3-5,9H2,1-2H3.